The minimum atomic E-state index is -0.438. The number of fused-ring (bicyclic) bond motifs is 1. The average Bonchev–Trinajstić information content (AvgIpc) is 3.37. The minimum absolute atomic E-state index is 0.0515. The van der Waals surface area contributed by atoms with E-state index in [4.69, 9.17) is 9.15 Å². The van der Waals surface area contributed by atoms with E-state index >= 15 is 0 Å². The van der Waals surface area contributed by atoms with E-state index in [2.05, 4.69) is 15.9 Å². The molecule has 0 unspecified atom stereocenters. The highest BCUT2D eigenvalue weighted by molar-refractivity contribution is 9.10. The van der Waals surface area contributed by atoms with Crippen LogP contribution in [0.3, 0.4) is 0 Å². The molecule has 0 spiro atoms. The van der Waals surface area contributed by atoms with E-state index in [9.17, 15) is 14.4 Å². The summed E-state index contributed by atoms with van der Waals surface area (Å²) in [6, 6.07) is 15.4. The number of hydrogen-bond donors (Lipinski definition) is 0. The number of carbonyl (C=O) groups excluding carboxylic acids is 3. The summed E-state index contributed by atoms with van der Waals surface area (Å²) in [5.74, 6) is 0.129. The summed E-state index contributed by atoms with van der Waals surface area (Å²) in [7, 11) is 1.66. The van der Waals surface area contributed by atoms with Crippen molar-refractivity contribution in [1.82, 2.24) is 9.80 Å². The van der Waals surface area contributed by atoms with Crippen molar-refractivity contribution in [3.05, 3.63) is 87.8 Å². The zero-order valence-corrected chi connectivity index (χ0v) is 18.3. The van der Waals surface area contributed by atoms with Crippen molar-refractivity contribution >= 4 is 33.7 Å². The van der Waals surface area contributed by atoms with Crippen LogP contribution < -0.4 is 4.74 Å². The maximum atomic E-state index is 12.8. The Labute approximate surface area is 187 Å². The van der Waals surface area contributed by atoms with E-state index in [0.717, 1.165) is 9.37 Å². The van der Waals surface area contributed by atoms with Crippen LogP contribution in [0.1, 0.15) is 36.8 Å². The number of hydrogen-bond acceptors (Lipinski definition) is 5. The lowest BCUT2D eigenvalue weighted by molar-refractivity contribution is 0.0631. The minimum Gasteiger partial charge on any atom is -0.492 e. The molecule has 0 aliphatic carbocycles. The van der Waals surface area contributed by atoms with Crippen molar-refractivity contribution in [2.24, 2.45) is 0 Å². The molecule has 0 N–H and O–H groups in total. The lowest BCUT2D eigenvalue weighted by Gasteiger charge is -2.18. The van der Waals surface area contributed by atoms with Crippen LogP contribution >= 0.6 is 15.9 Å². The number of imide groups is 1. The predicted molar refractivity (Wildman–Crippen MR) is 116 cm³/mol. The van der Waals surface area contributed by atoms with Gasteiger partial charge in [-0.15, -0.1) is 0 Å². The molecule has 8 heteroatoms. The average molecular weight is 483 g/mol. The van der Waals surface area contributed by atoms with E-state index in [1.807, 2.05) is 24.3 Å². The quantitative estimate of drug-likeness (QED) is 0.475. The third-order valence-electron chi connectivity index (χ3n) is 4.97. The Bertz CT molecular complexity index is 1130. The second kappa shape index (κ2) is 8.77. The van der Waals surface area contributed by atoms with E-state index in [1.54, 1.807) is 25.2 Å². The van der Waals surface area contributed by atoms with Crippen molar-refractivity contribution in [2.75, 3.05) is 20.2 Å². The van der Waals surface area contributed by atoms with Gasteiger partial charge in [0.1, 0.15) is 18.1 Å². The Kier molecular flexibility index (Phi) is 5.90. The van der Waals surface area contributed by atoms with Gasteiger partial charge in [0.25, 0.3) is 17.7 Å². The van der Waals surface area contributed by atoms with Gasteiger partial charge in [0, 0.05) is 17.1 Å². The number of furan rings is 1. The zero-order chi connectivity index (χ0) is 22.0. The van der Waals surface area contributed by atoms with Gasteiger partial charge in [-0.05, 0) is 54.6 Å². The summed E-state index contributed by atoms with van der Waals surface area (Å²) in [6.07, 6.45) is 1.49. The highest BCUT2D eigenvalue weighted by atomic mass is 79.9. The first-order valence-electron chi connectivity index (χ1n) is 9.60. The summed E-state index contributed by atoms with van der Waals surface area (Å²) in [5, 5.41) is 0. The smallest absolute Gasteiger partial charge is 0.261 e. The summed E-state index contributed by atoms with van der Waals surface area (Å²) < 4.78 is 11.9. The first-order chi connectivity index (χ1) is 14.9. The molecule has 0 bridgehead atoms. The molecule has 3 amide bonds. The van der Waals surface area contributed by atoms with Crippen LogP contribution in [0, 0.1) is 0 Å². The maximum Gasteiger partial charge on any atom is 0.261 e. The number of nitrogens with zero attached hydrogens (tertiary/aromatic N) is 2. The van der Waals surface area contributed by atoms with Crippen LogP contribution in [0.25, 0.3) is 0 Å². The van der Waals surface area contributed by atoms with E-state index in [1.165, 1.54) is 23.3 Å². The monoisotopic (exact) mass is 482 g/mol. The molecule has 1 aliphatic heterocycles. The molecule has 4 rings (SSSR count). The Balaban J connectivity index is 1.41. The summed E-state index contributed by atoms with van der Waals surface area (Å²) >= 11 is 3.37. The highest BCUT2D eigenvalue weighted by Crippen LogP contribution is 2.26. The third-order valence-corrected chi connectivity index (χ3v) is 5.50. The second-order valence-corrected chi connectivity index (χ2v) is 7.98. The maximum absolute atomic E-state index is 12.8. The topological polar surface area (TPSA) is 80.1 Å². The molecule has 0 atom stereocenters. The van der Waals surface area contributed by atoms with Crippen LogP contribution in [-0.2, 0) is 6.54 Å². The van der Waals surface area contributed by atoms with Gasteiger partial charge >= 0.3 is 0 Å². The number of benzene rings is 2. The van der Waals surface area contributed by atoms with Crippen molar-refractivity contribution in [3.8, 4) is 5.75 Å². The van der Waals surface area contributed by atoms with Crippen molar-refractivity contribution < 1.29 is 23.5 Å². The molecule has 1 aromatic heterocycles. The van der Waals surface area contributed by atoms with Crippen LogP contribution in [0.5, 0.6) is 5.75 Å². The molecule has 0 fully saturated rings. The fourth-order valence-corrected chi connectivity index (χ4v) is 3.54. The van der Waals surface area contributed by atoms with Crippen molar-refractivity contribution in [1.29, 1.82) is 0 Å². The summed E-state index contributed by atoms with van der Waals surface area (Å²) in [6.45, 7) is 0.739. The molecule has 0 saturated carbocycles. The van der Waals surface area contributed by atoms with Crippen LogP contribution in [0.15, 0.2) is 69.8 Å². The SMILES string of the molecule is CN(CCOc1ccc(Br)cc1)C(=O)c1ccc2c(c1)C(=O)N(Cc1ccco1)C2=O. The standard InChI is InChI=1S/C23H19BrN2O5/c1-25(10-12-31-17-7-5-16(24)6-8-17)21(27)15-4-9-19-20(13-15)23(29)26(22(19)28)14-18-3-2-11-30-18/h2-9,11,13H,10,12,14H2,1H3. The molecule has 7 nitrogen and oxygen atoms in total. The van der Waals surface area contributed by atoms with Crippen LogP contribution in [0.4, 0.5) is 0 Å². The number of rotatable bonds is 7. The highest BCUT2D eigenvalue weighted by Gasteiger charge is 2.36. The molecule has 2 heterocycles. The second-order valence-electron chi connectivity index (χ2n) is 7.07. The number of ether oxygens (including phenoxy) is 1. The van der Waals surface area contributed by atoms with Gasteiger partial charge in [-0.1, -0.05) is 15.9 Å². The van der Waals surface area contributed by atoms with E-state index in [0.29, 0.717) is 30.2 Å². The Hall–Kier alpha value is -3.39. The molecular formula is C23H19BrN2O5. The first-order valence-corrected chi connectivity index (χ1v) is 10.4. The number of halogens is 1. The van der Waals surface area contributed by atoms with Gasteiger partial charge < -0.3 is 14.1 Å². The Morgan fingerprint density at radius 1 is 1.06 bits per heavy atom. The molecule has 3 aromatic rings. The first kappa shape index (κ1) is 20.9. The fourth-order valence-electron chi connectivity index (χ4n) is 3.28. The van der Waals surface area contributed by atoms with Gasteiger partial charge in [-0.3, -0.25) is 19.3 Å². The predicted octanol–water partition coefficient (Wildman–Crippen LogP) is 3.99. The molecule has 0 saturated heterocycles. The Morgan fingerprint density at radius 3 is 2.52 bits per heavy atom. The van der Waals surface area contributed by atoms with Crippen LogP contribution in [-0.4, -0.2) is 47.7 Å². The molecule has 2 aromatic carbocycles. The molecule has 0 radical (unpaired) electrons. The molecule has 31 heavy (non-hydrogen) atoms. The lowest BCUT2D eigenvalue weighted by Crippen LogP contribution is -2.31. The summed E-state index contributed by atoms with van der Waals surface area (Å²) in [4.78, 5) is 40.8. The largest absolute Gasteiger partial charge is 0.492 e. The van der Waals surface area contributed by atoms with Gasteiger partial charge in [-0.25, -0.2) is 0 Å². The van der Waals surface area contributed by atoms with Crippen molar-refractivity contribution in [3.63, 3.8) is 0 Å². The summed E-state index contributed by atoms with van der Waals surface area (Å²) in [5.41, 5.74) is 0.849. The van der Waals surface area contributed by atoms with Gasteiger partial charge in [0.05, 0.1) is 30.5 Å². The number of carbonyl (C=O) groups is 3. The van der Waals surface area contributed by atoms with Crippen LogP contribution in [0.2, 0.25) is 0 Å². The number of amides is 3. The van der Waals surface area contributed by atoms with E-state index in [-0.39, 0.29) is 23.6 Å². The zero-order valence-electron chi connectivity index (χ0n) is 16.7. The Morgan fingerprint density at radius 2 is 1.81 bits per heavy atom. The molecule has 158 valence electrons. The molecular weight excluding hydrogens is 464 g/mol. The van der Waals surface area contributed by atoms with Gasteiger partial charge in [0.2, 0.25) is 0 Å². The normalized spacial score (nSPS) is 12.8. The molecule has 1 aliphatic rings. The number of likely N-dealkylation sites (N-methyl/N-ethyl adjacent to an activating group) is 1. The van der Waals surface area contributed by atoms with Crippen molar-refractivity contribution in [2.45, 2.75) is 6.54 Å². The lowest BCUT2D eigenvalue weighted by atomic mass is 10.1. The van der Waals surface area contributed by atoms with E-state index < -0.39 is 11.8 Å². The fraction of sp³-hybridized carbons (Fsp3) is 0.174. The van der Waals surface area contributed by atoms with Gasteiger partial charge in [0.15, 0.2) is 0 Å². The third kappa shape index (κ3) is 4.39. The van der Waals surface area contributed by atoms with Gasteiger partial charge in [-0.2, -0.15) is 0 Å².